The Labute approximate surface area is 176 Å². The van der Waals surface area contributed by atoms with Crippen molar-refractivity contribution in [2.45, 2.75) is 31.4 Å². The monoisotopic (exact) mass is 409 g/mol. The minimum Gasteiger partial charge on any atom is -0.497 e. The van der Waals surface area contributed by atoms with Gasteiger partial charge in [-0.05, 0) is 29.8 Å². The largest absolute Gasteiger partial charge is 0.497 e. The van der Waals surface area contributed by atoms with Gasteiger partial charge in [-0.3, -0.25) is 0 Å². The smallest absolute Gasteiger partial charge is 0.317 e. The molecule has 7 heteroatoms. The third kappa shape index (κ3) is 4.35. The topological polar surface area (TPSA) is 72.4 Å². The van der Waals surface area contributed by atoms with Crippen molar-refractivity contribution >= 4 is 11.7 Å². The number of hydrogen-bond donors (Lipinski definition) is 1. The Kier molecular flexibility index (Phi) is 5.79. The van der Waals surface area contributed by atoms with Crippen molar-refractivity contribution in [2.24, 2.45) is 5.16 Å². The van der Waals surface area contributed by atoms with Crippen molar-refractivity contribution in [2.75, 3.05) is 27.3 Å². The minimum absolute atomic E-state index is 0.0485. The van der Waals surface area contributed by atoms with Gasteiger partial charge in [0.25, 0.3) is 0 Å². The van der Waals surface area contributed by atoms with Crippen LogP contribution in [-0.4, -0.2) is 49.6 Å². The first-order valence-corrected chi connectivity index (χ1v) is 10.2. The predicted octanol–water partition coefficient (Wildman–Crippen LogP) is 3.57. The number of likely N-dealkylation sites (tertiary alicyclic amines) is 1. The summed E-state index contributed by atoms with van der Waals surface area (Å²) in [5.41, 5.74) is 2.68. The zero-order chi connectivity index (χ0) is 21.0. The number of carbonyl (C=O) groups excluding carboxylic acids is 1. The number of piperidine rings is 1. The second-order valence-corrected chi connectivity index (χ2v) is 7.71. The Morgan fingerprint density at radius 2 is 1.83 bits per heavy atom. The summed E-state index contributed by atoms with van der Waals surface area (Å²) in [4.78, 5) is 20.3. The number of ether oxygens (including phenoxy) is 2. The number of benzene rings is 2. The van der Waals surface area contributed by atoms with E-state index < -0.39 is 0 Å². The number of carbonyl (C=O) groups is 1. The molecule has 158 valence electrons. The number of hydrogen-bond acceptors (Lipinski definition) is 5. The molecule has 2 aliphatic rings. The minimum atomic E-state index is -0.314. The fourth-order valence-corrected chi connectivity index (χ4v) is 3.90. The molecule has 4 rings (SSSR count). The molecule has 0 bridgehead atoms. The second-order valence-electron chi connectivity index (χ2n) is 7.71. The molecule has 2 heterocycles. The van der Waals surface area contributed by atoms with E-state index in [-0.39, 0.29) is 11.6 Å². The Morgan fingerprint density at radius 3 is 2.53 bits per heavy atom. The lowest BCUT2D eigenvalue weighted by Gasteiger charge is -2.37. The van der Waals surface area contributed by atoms with Gasteiger partial charge in [-0.2, -0.15) is 0 Å². The van der Waals surface area contributed by atoms with E-state index in [0.717, 1.165) is 47.6 Å². The molecule has 30 heavy (non-hydrogen) atoms. The van der Waals surface area contributed by atoms with Crippen LogP contribution in [0.5, 0.6) is 11.5 Å². The maximum absolute atomic E-state index is 12.6. The fourth-order valence-electron chi connectivity index (χ4n) is 3.90. The zero-order valence-electron chi connectivity index (χ0n) is 17.4. The van der Waals surface area contributed by atoms with Crippen molar-refractivity contribution in [3.63, 3.8) is 0 Å². The Morgan fingerprint density at radius 1 is 1.10 bits per heavy atom. The van der Waals surface area contributed by atoms with E-state index in [1.807, 2.05) is 53.4 Å². The predicted molar refractivity (Wildman–Crippen MR) is 114 cm³/mol. The first kappa shape index (κ1) is 20.1. The van der Waals surface area contributed by atoms with Crippen LogP contribution in [0.4, 0.5) is 4.79 Å². The molecule has 0 radical (unpaired) electrons. The number of nitrogens with zero attached hydrogens (tertiary/aromatic N) is 2. The molecular formula is C23H27N3O4. The number of oxime groups is 1. The first-order chi connectivity index (χ1) is 14.6. The summed E-state index contributed by atoms with van der Waals surface area (Å²) in [5.74, 6) is 1.61. The van der Waals surface area contributed by atoms with Crippen LogP contribution in [0.2, 0.25) is 0 Å². The van der Waals surface area contributed by atoms with E-state index >= 15 is 0 Å². The second kappa shape index (κ2) is 8.65. The van der Waals surface area contributed by atoms with E-state index in [2.05, 4.69) is 10.5 Å². The highest BCUT2D eigenvalue weighted by atomic mass is 16.7. The lowest BCUT2D eigenvalue weighted by molar-refractivity contribution is -0.0550. The molecule has 0 atom stereocenters. The molecule has 1 fully saturated rings. The maximum atomic E-state index is 12.6. The number of amides is 2. The van der Waals surface area contributed by atoms with Gasteiger partial charge in [0, 0.05) is 44.5 Å². The van der Waals surface area contributed by atoms with Gasteiger partial charge >= 0.3 is 6.03 Å². The van der Waals surface area contributed by atoms with Crippen LogP contribution < -0.4 is 14.8 Å². The highest BCUT2D eigenvalue weighted by molar-refractivity contribution is 6.02. The Balaban J connectivity index is 1.27. The van der Waals surface area contributed by atoms with Gasteiger partial charge in [0.1, 0.15) is 17.1 Å². The van der Waals surface area contributed by atoms with Crippen LogP contribution in [0, 0.1) is 0 Å². The van der Waals surface area contributed by atoms with Crippen molar-refractivity contribution in [3.05, 3.63) is 59.7 Å². The van der Waals surface area contributed by atoms with Crippen LogP contribution in [0.3, 0.4) is 0 Å². The third-order valence-electron chi connectivity index (χ3n) is 5.81. The summed E-state index contributed by atoms with van der Waals surface area (Å²) in [5, 5.41) is 7.35. The van der Waals surface area contributed by atoms with Crippen molar-refractivity contribution in [1.82, 2.24) is 10.2 Å². The van der Waals surface area contributed by atoms with Gasteiger partial charge in [-0.15, -0.1) is 0 Å². The first-order valence-electron chi connectivity index (χ1n) is 10.2. The van der Waals surface area contributed by atoms with Crippen LogP contribution in [-0.2, 0) is 11.4 Å². The summed E-state index contributed by atoms with van der Waals surface area (Å²) >= 11 is 0. The van der Waals surface area contributed by atoms with Gasteiger partial charge < -0.3 is 24.5 Å². The standard InChI is InChI=1S/C23H27N3O4/c1-28-19-8-6-17(7-9-19)16-24-22(27)26-12-10-23(11-13-26)15-21(25-30-23)18-4-3-5-20(14-18)29-2/h3-9,14H,10-13,15-16H2,1-2H3,(H,24,27). The number of rotatable bonds is 5. The van der Waals surface area contributed by atoms with Crippen molar-refractivity contribution < 1.29 is 19.1 Å². The number of nitrogens with one attached hydrogen (secondary N) is 1. The van der Waals surface area contributed by atoms with Crippen molar-refractivity contribution in [3.8, 4) is 11.5 Å². The average Bonchev–Trinajstić information content (AvgIpc) is 3.22. The van der Waals surface area contributed by atoms with E-state index in [1.54, 1.807) is 14.2 Å². The van der Waals surface area contributed by atoms with E-state index in [9.17, 15) is 4.79 Å². The lowest BCUT2D eigenvalue weighted by atomic mass is 9.85. The molecule has 2 aliphatic heterocycles. The molecule has 0 saturated carbocycles. The molecule has 0 aromatic heterocycles. The molecule has 0 unspecified atom stereocenters. The molecule has 2 aromatic rings. The normalized spacial score (nSPS) is 17.3. The highest BCUT2D eigenvalue weighted by Crippen LogP contribution is 2.36. The highest BCUT2D eigenvalue weighted by Gasteiger charge is 2.43. The number of methoxy groups -OCH3 is 2. The van der Waals surface area contributed by atoms with Crippen LogP contribution in [0.25, 0.3) is 0 Å². The van der Waals surface area contributed by atoms with Crippen LogP contribution >= 0.6 is 0 Å². The fraction of sp³-hybridized carbons (Fsp3) is 0.391. The summed E-state index contributed by atoms with van der Waals surface area (Å²) in [7, 11) is 3.29. The SMILES string of the molecule is COc1ccc(CNC(=O)N2CCC3(CC2)CC(c2cccc(OC)c2)=NO3)cc1. The summed E-state index contributed by atoms with van der Waals surface area (Å²) in [6.45, 7) is 1.79. The molecule has 0 aliphatic carbocycles. The molecule has 2 aromatic carbocycles. The summed E-state index contributed by atoms with van der Waals surface area (Å²) in [6.07, 6.45) is 2.28. The quantitative estimate of drug-likeness (QED) is 0.819. The average molecular weight is 409 g/mol. The van der Waals surface area contributed by atoms with Gasteiger partial charge in [-0.1, -0.05) is 29.4 Å². The van der Waals surface area contributed by atoms with Gasteiger partial charge in [-0.25, -0.2) is 4.79 Å². The van der Waals surface area contributed by atoms with Gasteiger partial charge in [0.15, 0.2) is 0 Å². The molecule has 2 amide bonds. The molecule has 1 spiro atoms. The number of urea groups is 1. The Bertz CT molecular complexity index is 918. The molecular weight excluding hydrogens is 382 g/mol. The molecule has 1 saturated heterocycles. The van der Waals surface area contributed by atoms with Gasteiger partial charge in [0.2, 0.25) is 0 Å². The third-order valence-corrected chi connectivity index (χ3v) is 5.81. The lowest BCUT2D eigenvalue weighted by Crippen LogP contribution is -2.49. The van der Waals surface area contributed by atoms with Crippen molar-refractivity contribution in [1.29, 1.82) is 0 Å². The molecule has 7 nitrogen and oxygen atoms in total. The van der Waals surface area contributed by atoms with E-state index in [1.165, 1.54) is 0 Å². The van der Waals surface area contributed by atoms with E-state index in [0.29, 0.717) is 19.6 Å². The molecule has 1 N–H and O–H groups in total. The van der Waals surface area contributed by atoms with Crippen LogP contribution in [0.1, 0.15) is 30.4 Å². The summed E-state index contributed by atoms with van der Waals surface area (Å²) in [6, 6.07) is 15.5. The summed E-state index contributed by atoms with van der Waals surface area (Å²) < 4.78 is 10.5. The van der Waals surface area contributed by atoms with E-state index in [4.69, 9.17) is 14.3 Å². The zero-order valence-corrected chi connectivity index (χ0v) is 17.4. The Hall–Kier alpha value is -3.22. The van der Waals surface area contributed by atoms with Gasteiger partial charge in [0.05, 0.1) is 19.9 Å². The van der Waals surface area contributed by atoms with Crippen LogP contribution in [0.15, 0.2) is 53.7 Å². The maximum Gasteiger partial charge on any atom is 0.317 e.